The van der Waals surface area contributed by atoms with Gasteiger partial charge in [0, 0.05) is 5.75 Å². The summed E-state index contributed by atoms with van der Waals surface area (Å²) >= 11 is 0.992. The molecule has 9 heteroatoms. The largest absolute Gasteiger partial charge is 0.481 e. The van der Waals surface area contributed by atoms with Crippen molar-refractivity contribution in [3.8, 4) is 0 Å². The molecule has 16 heavy (non-hydrogen) atoms. The summed E-state index contributed by atoms with van der Waals surface area (Å²) in [6, 6.07) is -0.973. The summed E-state index contributed by atoms with van der Waals surface area (Å²) in [6.45, 7) is 0. The maximum absolute atomic E-state index is 10.1. The minimum Gasteiger partial charge on any atom is -0.481 e. The van der Waals surface area contributed by atoms with Crippen molar-refractivity contribution in [1.82, 2.24) is 0 Å². The van der Waals surface area contributed by atoms with Crippen LogP contribution in [0, 0.1) is 0 Å². The number of hydrogen-bond acceptors (Lipinski definition) is 6. The first-order valence-corrected chi connectivity index (χ1v) is 4.99. The van der Waals surface area contributed by atoms with Crippen molar-refractivity contribution in [2.75, 3.05) is 11.5 Å². The van der Waals surface area contributed by atoms with E-state index in [1.807, 2.05) is 0 Å². The molecule has 0 saturated carbocycles. The maximum Gasteiger partial charge on any atom is 0.321 e. The van der Waals surface area contributed by atoms with E-state index in [0.717, 1.165) is 11.8 Å². The monoisotopic (exact) mass is 252 g/mol. The molecule has 0 heterocycles. The molecular formula is C7H12N2O6S. The molecular weight excluding hydrogens is 240 g/mol. The lowest BCUT2D eigenvalue weighted by Crippen LogP contribution is -2.32. The molecule has 0 unspecified atom stereocenters. The third-order valence-corrected chi connectivity index (χ3v) is 2.00. The molecule has 0 aromatic carbocycles. The number of hydrogen-bond donors (Lipinski definition) is 4. The van der Waals surface area contributed by atoms with Crippen LogP contribution in [0.4, 0.5) is 0 Å². The van der Waals surface area contributed by atoms with Crippen molar-refractivity contribution in [3.63, 3.8) is 0 Å². The number of rotatable bonds is 6. The van der Waals surface area contributed by atoms with E-state index in [4.69, 9.17) is 20.7 Å². The highest BCUT2D eigenvalue weighted by atomic mass is 32.2. The Balaban J connectivity index is 0. The number of carbonyl (C=O) groups is 4. The third kappa shape index (κ3) is 14.9. The molecule has 0 aromatic heterocycles. The third-order valence-electron chi connectivity index (χ3n) is 0.956. The highest BCUT2D eigenvalue weighted by Gasteiger charge is 2.11. The van der Waals surface area contributed by atoms with E-state index < -0.39 is 23.9 Å². The van der Waals surface area contributed by atoms with Gasteiger partial charge in [-0.2, -0.15) is 0 Å². The number of amides is 1. The summed E-state index contributed by atoms with van der Waals surface area (Å²) < 4.78 is 0. The smallest absolute Gasteiger partial charge is 0.321 e. The number of aliphatic carboxylic acids is 2. The van der Waals surface area contributed by atoms with Crippen molar-refractivity contribution in [3.05, 3.63) is 0 Å². The van der Waals surface area contributed by atoms with Gasteiger partial charge in [-0.05, 0) is 0 Å². The molecule has 0 rings (SSSR count). The molecule has 0 aliphatic heterocycles. The summed E-state index contributed by atoms with van der Waals surface area (Å²) in [5.41, 5.74) is 9.37. The zero-order chi connectivity index (χ0) is 13.1. The second-order valence-electron chi connectivity index (χ2n) is 2.37. The van der Waals surface area contributed by atoms with E-state index >= 15 is 0 Å². The number of aldehydes is 1. The molecule has 0 fully saturated rings. The van der Waals surface area contributed by atoms with Crippen LogP contribution in [0.3, 0.4) is 0 Å². The molecule has 0 aliphatic rings. The lowest BCUT2D eigenvalue weighted by atomic mass is 10.4. The average molecular weight is 252 g/mol. The average Bonchev–Trinajstić information content (AvgIpc) is 2.17. The topological polar surface area (TPSA) is 161 Å². The molecule has 1 amide bonds. The van der Waals surface area contributed by atoms with Crippen molar-refractivity contribution >= 4 is 35.9 Å². The van der Waals surface area contributed by atoms with E-state index in [1.54, 1.807) is 0 Å². The first kappa shape index (κ1) is 16.8. The minimum absolute atomic E-state index is 0.0556. The fraction of sp³-hybridized carbons (Fsp3) is 0.429. The molecule has 0 spiro atoms. The molecule has 92 valence electrons. The highest BCUT2D eigenvalue weighted by molar-refractivity contribution is 8.00. The lowest BCUT2D eigenvalue weighted by Gasteiger charge is -2.02. The Hall–Kier alpha value is -1.61. The number of carboxylic acids is 2. The molecule has 0 aromatic rings. The first-order chi connectivity index (χ1) is 7.31. The van der Waals surface area contributed by atoms with Gasteiger partial charge in [-0.15, -0.1) is 11.8 Å². The second-order valence-corrected chi connectivity index (χ2v) is 3.40. The van der Waals surface area contributed by atoms with Gasteiger partial charge in [0.05, 0.1) is 5.75 Å². The summed E-state index contributed by atoms with van der Waals surface area (Å²) in [5.74, 6) is -2.98. The predicted molar refractivity (Wildman–Crippen MR) is 55.8 cm³/mol. The SMILES string of the molecule is NC(=O)C=O.N[C@@H](CSCC(=O)O)C(=O)O. The lowest BCUT2D eigenvalue weighted by molar-refractivity contribution is -0.138. The predicted octanol–water partition coefficient (Wildman–Crippen LogP) is -2.11. The van der Waals surface area contributed by atoms with Gasteiger partial charge in [0.1, 0.15) is 6.04 Å². The molecule has 0 radical (unpaired) electrons. The van der Waals surface area contributed by atoms with Crippen LogP contribution in [0.25, 0.3) is 0 Å². The zero-order valence-corrected chi connectivity index (χ0v) is 8.98. The Morgan fingerprint density at radius 2 is 1.75 bits per heavy atom. The van der Waals surface area contributed by atoms with E-state index in [2.05, 4.69) is 5.73 Å². The maximum atomic E-state index is 10.1. The summed E-state index contributed by atoms with van der Waals surface area (Å²) in [4.78, 5) is 38.3. The van der Waals surface area contributed by atoms with Gasteiger partial charge >= 0.3 is 11.9 Å². The summed E-state index contributed by atoms with van der Waals surface area (Å²) in [6.07, 6.45) is 0.0556. The fourth-order valence-corrected chi connectivity index (χ4v) is 1.03. The molecule has 1 atom stereocenters. The van der Waals surface area contributed by atoms with E-state index in [-0.39, 0.29) is 17.8 Å². The Kier molecular flexibility index (Phi) is 10.4. The number of nitrogens with two attached hydrogens (primary N) is 2. The van der Waals surface area contributed by atoms with Gasteiger partial charge in [0.25, 0.3) is 5.91 Å². The molecule has 0 saturated heterocycles. The van der Waals surface area contributed by atoms with Crippen LogP contribution in [-0.4, -0.2) is 51.9 Å². The van der Waals surface area contributed by atoms with Gasteiger partial charge in [-0.1, -0.05) is 0 Å². The highest BCUT2D eigenvalue weighted by Crippen LogP contribution is 2.00. The van der Waals surface area contributed by atoms with Gasteiger partial charge in [-0.3, -0.25) is 19.2 Å². The standard InChI is InChI=1S/C5H9NO4S.C2H3NO2/c6-3(5(9)10)1-11-2-4(7)8;3-2(5)1-4/h3H,1-2,6H2,(H,7,8)(H,9,10);1H,(H2,3,5)/t3-;/m0./s1. The van der Waals surface area contributed by atoms with E-state index in [1.165, 1.54) is 0 Å². The van der Waals surface area contributed by atoms with Crippen molar-refractivity contribution in [2.45, 2.75) is 6.04 Å². The zero-order valence-electron chi connectivity index (χ0n) is 8.16. The number of carbonyl (C=O) groups excluding carboxylic acids is 2. The van der Waals surface area contributed by atoms with Crippen LogP contribution in [0.1, 0.15) is 0 Å². The minimum atomic E-state index is -1.11. The Morgan fingerprint density at radius 3 is 2.00 bits per heavy atom. The quantitative estimate of drug-likeness (QED) is 0.308. The van der Waals surface area contributed by atoms with Crippen LogP contribution in [0.5, 0.6) is 0 Å². The molecule has 6 N–H and O–H groups in total. The number of carboxylic acid groups (broad SMARTS) is 2. The van der Waals surface area contributed by atoms with E-state index in [0.29, 0.717) is 0 Å². The number of primary amides is 1. The molecule has 8 nitrogen and oxygen atoms in total. The van der Waals surface area contributed by atoms with Gasteiger partial charge in [-0.25, -0.2) is 0 Å². The number of thioether (sulfide) groups is 1. The Bertz CT molecular complexity index is 270. The van der Waals surface area contributed by atoms with Crippen molar-refractivity contribution in [1.29, 1.82) is 0 Å². The molecule has 0 aliphatic carbocycles. The molecule has 0 bridgehead atoms. The second kappa shape index (κ2) is 9.93. The van der Waals surface area contributed by atoms with Gasteiger partial charge < -0.3 is 21.7 Å². The Labute approximate surface area is 95.0 Å². The van der Waals surface area contributed by atoms with Crippen LogP contribution >= 0.6 is 11.8 Å². The van der Waals surface area contributed by atoms with Crippen LogP contribution in [0.15, 0.2) is 0 Å². The summed E-state index contributed by atoms with van der Waals surface area (Å²) in [7, 11) is 0. The van der Waals surface area contributed by atoms with Crippen LogP contribution in [0.2, 0.25) is 0 Å². The van der Waals surface area contributed by atoms with E-state index in [9.17, 15) is 14.4 Å². The van der Waals surface area contributed by atoms with Crippen molar-refractivity contribution < 1.29 is 29.4 Å². The van der Waals surface area contributed by atoms with Crippen LogP contribution < -0.4 is 11.5 Å². The van der Waals surface area contributed by atoms with Gasteiger partial charge in [0.15, 0.2) is 0 Å². The van der Waals surface area contributed by atoms with Crippen molar-refractivity contribution in [2.24, 2.45) is 11.5 Å². The Morgan fingerprint density at radius 1 is 1.31 bits per heavy atom. The van der Waals surface area contributed by atoms with Gasteiger partial charge in [0.2, 0.25) is 6.29 Å². The summed E-state index contributed by atoms with van der Waals surface area (Å²) in [5, 5.41) is 16.4. The fourth-order valence-electron chi connectivity index (χ4n) is 0.344. The van der Waals surface area contributed by atoms with Crippen LogP contribution in [-0.2, 0) is 19.2 Å². The normalized spacial score (nSPS) is 10.6. The first-order valence-electron chi connectivity index (χ1n) is 3.83.